The van der Waals surface area contributed by atoms with Gasteiger partial charge in [-0.15, -0.1) is 0 Å². The summed E-state index contributed by atoms with van der Waals surface area (Å²) < 4.78 is 6.92. The van der Waals surface area contributed by atoms with Gasteiger partial charge in [0, 0.05) is 11.6 Å². The molecule has 2 aromatic rings. The molecule has 0 aliphatic carbocycles. The quantitative estimate of drug-likeness (QED) is 0.477. The first-order valence-corrected chi connectivity index (χ1v) is 10.4. The van der Waals surface area contributed by atoms with Crippen LogP contribution in [0.4, 0.5) is 0 Å². The first-order valence-electron chi connectivity index (χ1n) is 9.98. The number of nitriles is 1. The Labute approximate surface area is 181 Å². The summed E-state index contributed by atoms with van der Waals surface area (Å²) in [5.41, 5.74) is 1.02. The molecule has 1 unspecified atom stereocenters. The molecule has 6 nitrogen and oxygen atoms in total. The zero-order valence-electron chi connectivity index (χ0n) is 18.0. The molecule has 7 heteroatoms. The molecule has 0 aliphatic heterocycles. The van der Waals surface area contributed by atoms with Gasteiger partial charge in [0.05, 0.1) is 5.56 Å². The Balaban J connectivity index is 2.46. The summed E-state index contributed by atoms with van der Waals surface area (Å²) in [4.78, 5) is 25.8. The van der Waals surface area contributed by atoms with Crippen molar-refractivity contribution in [3.63, 3.8) is 0 Å². The Bertz CT molecular complexity index is 1040. The number of aromatic nitrogens is 1. The number of Topliss-reactive ketones (excluding diaryl/α,β-unsaturated/α-hetero) is 1. The van der Waals surface area contributed by atoms with E-state index < -0.39 is 23.3 Å². The van der Waals surface area contributed by atoms with Crippen LogP contribution in [0.3, 0.4) is 0 Å². The molecule has 0 spiro atoms. The van der Waals surface area contributed by atoms with Gasteiger partial charge in [-0.1, -0.05) is 31.4 Å². The second kappa shape index (κ2) is 9.82. The average Bonchev–Trinajstić information content (AvgIpc) is 2.68. The fourth-order valence-electron chi connectivity index (χ4n) is 3.41. The lowest BCUT2D eigenvalue weighted by atomic mass is 9.99. The average molecular weight is 431 g/mol. The number of benzene rings is 1. The van der Waals surface area contributed by atoms with Crippen LogP contribution in [0.2, 0.25) is 5.02 Å². The van der Waals surface area contributed by atoms with Crippen LogP contribution in [-0.4, -0.2) is 21.6 Å². The lowest BCUT2D eigenvalue weighted by molar-refractivity contribution is 0.0812. The first-order chi connectivity index (χ1) is 14.1. The number of pyridine rings is 1. The van der Waals surface area contributed by atoms with Crippen LogP contribution < -0.4 is 10.3 Å². The van der Waals surface area contributed by atoms with Gasteiger partial charge in [-0.2, -0.15) is 5.26 Å². The molecule has 0 amide bonds. The normalized spacial score (nSPS) is 11.8. The van der Waals surface area contributed by atoms with E-state index in [1.165, 1.54) is 6.92 Å². The molecule has 1 N–H and O–H groups in total. The molecule has 160 valence electrons. The maximum absolute atomic E-state index is 13.2. The summed E-state index contributed by atoms with van der Waals surface area (Å²) in [5.74, 6) is -0.448. The van der Waals surface area contributed by atoms with E-state index in [9.17, 15) is 20.0 Å². The van der Waals surface area contributed by atoms with Crippen molar-refractivity contribution in [3.05, 3.63) is 55.3 Å². The van der Waals surface area contributed by atoms with Gasteiger partial charge in [0.2, 0.25) is 11.7 Å². The number of ether oxygens (including phenoxy) is 1. The summed E-state index contributed by atoms with van der Waals surface area (Å²) >= 11 is 6.19. The molecule has 0 bridgehead atoms. The first kappa shape index (κ1) is 23.5. The molecule has 1 atom stereocenters. The Kier molecular flexibility index (Phi) is 7.69. The van der Waals surface area contributed by atoms with E-state index in [1.54, 1.807) is 19.1 Å². The molecular formula is C23H27ClN2O4. The molecular weight excluding hydrogens is 404 g/mol. The molecule has 1 aromatic heterocycles. The van der Waals surface area contributed by atoms with Crippen molar-refractivity contribution in [1.29, 1.82) is 5.26 Å². The number of carbonyl (C=O) groups is 1. The topological polar surface area (TPSA) is 92.3 Å². The molecule has 1 aromatic carbocycles. The van der Waals surface area contributed by atoms with Crippen molar-refractivity contribution >= 4 is 17.4 Å². The number of rotatable bonds is 8. The lowest BCUT2D eigenvalue weighted by Gasteiger charge is -2.19. The van der Waals surface area contributed by atoms with Crippen molar-refractivity contribution in [2.75, 3.05) is 0 Å². The highest BCUT2D eigenvalue weighted by Crippen LogP contribution is 2.28. The number of aromatic hydroxyl groups is 1. The predicted octanol–water partition coefficient (Wildman–Crippen LogP) is 4.84. The second-order valence-corrected chi connectivity index (χ2v) is 7.85. The number of halogens is 1. The maximum atomic E-state index is 13.2. The SMILES string of the molecule is CCCCCn1c(O)c(C(=O)C(C)Oc2cc(C)c(Cl)c(C)c2)c(C)c(C#N)c1=O. The number of hydrogen-bond acceptors (Lipinski definition) is 5. The van der Waals surface area contributed by atoms with Crippen LogP contribution in [-0.2, 0) is 6.54 Å². The van der Waals surface area contributed by atoms with Gasteiger partial charge in [-0.05, 0) is 62.9 Å². The third-order valence-corrected chi connectivity index (χ3v) is 5.72. The van der Waals surface area contributed by atoms with E-state index >= 15 is 0 Å². The smallest absolute Gasteiger partial charge is 0.271 e. The number of carbonyl (C=O) groups excluding carboxylic acids is 1. The number of hydrogen-bond donors (Lipinski definition) is 1. The third kappa shape index (κ3) is 4.68. The molecule has 30 heavy (non-hydrogen) atoms. The molecule has 0 fully saturated rings. The maximum Gasteiger partial charge on any atom is 0.271 e. The highest BCUT2D eigenvalue weighted by molar-refractivity contribution is 6.32. The summed E-state index contributed by atoms with van der Waals surface area (Å²) in [6, 6.07) is 5.34. The number of unbranched alkanes of at least 4 members (excludes halogenated alkanes) is 2. The fourth-order valence-corrected chi connectivity index (χ4v) is 3.52. The van der Waals surface area contributed by atoms with Crippen LogP contribution in [0.25, 0.3) is 0 Å². The monoisotopic (exact) mass is 430 g/mol. The third-order valence-electron chi connectivity index (χ3n) is 5.12. The van der Waals surface area contributed by atoms with Gasteiger partial charge >= 0.3 is 0 Å². The van der Waals surface area contributed by atoms with Crippen molar-refractivity contribution in [1.82, 2.24) is 4.57 Å². The lowest BCUT2D eigenvalue weighted by Crippen LogP contribution is -2.31. The number of aryl methyl sites for hydroxylation is 2. The van der Waals surface area contributed by atoms with Gasteiger partial charge in [-0.3, -0.25) is 14.2 Å². The minimum Gasteiger partial charge on any atom is -0.494 e. The Morgan fingerprint density at radius 2 is 1.87 bits per heavy atom. The number of nitrogens with zero attached hydrogens (tertiary/aromatic N) is 2. The zero-order valence-corrected chi connectivity index (χ0v) is 18.8. The minimum atomic E-state index is -0.942. The van der Waals surface area contributed by atoms with Crippen molar-refractivity contribution < 1.29 is 14.6 Å². The van der Waals surface area contributed by atoms with Crippen LogP contribution in [0.5, 0.6) is 11.6 Å². The van der Waals surface area contributed by atoms with Crippen LogP contribution in [0, 0.1) is 32.1 Å². The van der Waals surface area contributed by atoms with E-state index in [-0.39, 0.29) is 23.2 Å². The standard InChI is InChI=1S/C23H27ClN2O4/c1-6-7-8-9-26-22(28)18(12-25)15(4)19(23(26)29)21(27)16(5)30-17-10-13(2)20(24)14(3)11-17/h10-11,16,29H,6-9H2,1-5H3. The molecule has 2 rings (SSSR count). The second-order valence-electron chi connectivity index (χ2n) is 7.47. The van der Waals surface area contributed by atoms with Crippen molar-refractivity contribution in [2.45, 2.75) is 66.5 Å². The summed E-state index contributed by atoms with van der Waals surface area (Å²) in [6.45, 7) is 9.00. The van der Waals surface area contributed by atoms with Gasteiger partial charge in [0.25, 0.3) is 5.56 Å². The van der Waals surface area contributed by atoms with Crippen LogP contribution in [0.1, 0.15) is 65.7 Å². The molecule has 0 saturated heterocycles. The molecule has 0 aliphatic rings. The Morgan fingerprint density at radius 1 is 1.27 bits per heavy atom. The van der Waals surface area contributed by atoms with E-state index in [0.29, 0.717) is 17.2 Å². The van der Waals surface area contributed by atoms with E-state index in [0.717, 1.165) is 28.5 Å². The summed E-state index contributed by atoms with van der Waals surface area (Å²) in [6.07, 6.45) is 1.51. The van der Waals surface area contributed by atoms with Crippen molar-refractivity contribution in [2.24, 2.45) is 0 Å². The van der Waals surface area contributed by atoms with Crippen molar-refractivity contribution in [3.8, 4) is 17.7 Å². The van der Waals surface area contributed by atoms with Gasteiger partial charge in [-0.25, -0.2) is 0 Å². The predicted molar refractivity (Wildman–Crippen MR) is 117 cm³/mol. The number of ketones is 1. The minimum absolute atomic E-state index is 0.0578. The van der Waals surface area contributed by atoms with Crippen LogP contribution >= 0.6 is 11.6 Å². The fraction of sp³-hybridized carbons (Fsp3) is 0.435. The summed E-state index contributed by atoms with van der Waals surface area (Å²) in [5, 5.41) is 20.8. The summed E-state index contributed by atoms with van der Waals surface area (Å²) in [7, 11) is 0. The highest BCUT2D eigenvalue weighted by Gasteiger charge is 2.28. The molecule has 0 radical (unpaired) electrons. The van der Waals surface area contributed by atoms with Crippen LogP contribution in [0.15, 0.2) is 16.9 Å². The van der Waals surface area contributed by atoms with Gasteiger partial charge in [0.15, 0.2) is 6.10 Å². The molecule has 1 heterocycles. The Morgan fingerprint density at radius 3 is 2.40 bits per heavy atom. The van der Waals surface area contributed by atoms with E-state index in [1.807, 2.05) is 26.8 Å². The largest absolute Gasteiger partial charge is 0.494 e. The van der Waals surface area contributed by atoms with Gasteiger partial charge in [0.1, 0.15) is 17.4 Å². The van der Waals surface area contributed by atoms with E-state index in [4.69, 9.17) is 16.3 Å². The highest BCUT2D eigenvalue weighted by atomic mass is 35.5. The molecule has 0 saturated carbocycles. The zero-order chi connectivity index (χ0) is 22.6. The van der Waals surface area contributed by atoms with Gasteiger partial charge < -0.3 is 9.84 Å². The Hall–Kier alpha value is -2.78. The van der Waals surface area contributed by atoms with E-state index in [2.05, 4.69) is 0 Å².